The topological polar surface area (TPSA) is 103 Å². The van der Waals surface area contributed by atoms with Gasteiger partial charge >= 0.3 is 12.0 Å². The summed E-state index contributed by atoms with van der Waals surface area (Å²) in [5.41, 5.74) is 0.892. The maximum absolute atomic E-state index is 11.5. The molecule has 0 bridgehead atoms. The molecule has 0 saturated heterocycles. The van der Waals surface area contributed by atoms with Gasteiger partial charge in [-0.3, -0.25) is 9.78 Å². The number of rotatable bonds is 5. The summed E-state index contributed by atoms with van der Waals surface area (Å²) in [7, 11) is 1.55. The Morgan fingerprint density at radius 1 is 1.44 bits per heavy atom. The van der Waals surface area contributed by atoms with Crippen LogP contribution in [0.4, 0.5) is 10.5 Å². The minimum Gasteiger partial charge on any atom is -0.481 e. The summed E-state index contributed by atoms with van der Waals surface area (Å²) in [6.07, 6.45) is 1.24. The number of likely N-dealkylation sites (N-methyl/N-ethyl adjacent to an activating group) is 1. The Morgan fingerprint density at radius 2 is 2.17 bits per heavy atom. The normalized spacial score (nSPS) is 9.89. The second kappa shape index (κ2) is 6.55. The highest BCUT2D eigenvalue weighted by atomic mass is 16.4. The summed E-state index contributed by atoms with van der Waals surface area (Å²) >= 11 is 0. The van der Waals surface area contributed by atoms with Crippen LogP contribution in [0.15, 0.2) is 18.3 Å². The molecule has 0 aromatic carbocycles. The van der Waals surface area contributed by atoms with Crippen molar-refractivity contribution in [3.05, 3.63) is 24.0 Å². The average Bonchev–Trinajstić information content (AvgIpc) is 2.31. The predicted octanol–water partition coefficient (Wildman–Crippen LogP) is 0.165. The molecular weight excluding hydrogens is 238 g/mol. The zero-order chi connectivity index (χ0) is 13.5. The fourth-order valence-corrected chi connectivity index (χ4v) is 1.23. The molecule has 0 spiro atoms. The van der Waals surface area contributed by atoms with Crippen molar-refractivity contribution < 1.29 is 19.8 Å². The highest BCUT2D eigenvalue weighted by Gasteiger charge is 2.08. The van der Waals surface area contributed by atoms with Gasteiger partial charge in [-0.25, -0.2) is 4.79 Å². The molecule has 7 heteroatoms. The maximum Gasteiger partial charge on any atom is 0.321 e. The Morgan fingerprint density at radius 3 is 2.67 bits per heavy atom. The molecule has 0 unspecified atom stereocenters. The standard InChI is InChI=1S/C11H15N3O4/c1-14(4-5-15)11(18)13-9-3-2-8(12-7-9)6-10(16)17/h2-3,7,15H,4-6H2,1H3,(H,13,18)(H,16,17). The highest BCUT2D eigenvalue weighted by molar-refractivity contribution is 5.88. The van der Waals surface area contributed by atoms with Crippen molar-refractivity contribution in [2.75, 3.05) is 25.5 Å². The first-order valence-electron chi connectivity index (χ1n) is 5.32. The van der Waals surface area contributed by atoms with Crippen molar-refractivity contribution in [2.24, 2.45) is 0 Å². The quantitative estimate of drug-likeness (QED) is 0.694. The number of carbonyl (C=O) groups is 2. The van der Waals surface area contributed by atoms with Crippen LogP contribution in [0.5, 0.6) is 0 Å². The average molecular weight is 253 g/mol. The van der Waals surface area contributed by atoms with Gasteiger partial charge in [-0.1, -0.05) is 0 Å². The van der Waals surface area contributed by atoms with Crippen molar-refractivity contribution in [3.8, 4) is 0 Å². The van der Waals surface area contributed by atoms with E-state index in [2.05, 4.69) is 10.3 Å². The summed E-state index contributed by atoms with van der Waals surface area (Å²) < 4.78 is 0. The lowest BCUT2D eigenvalue weighted by Crippen LogP contribution is -2.33. The molecule has 1 aromatic rings. The van der Waals surface area contributed by atoms with E-state index < -0.39 is 5.97 Å². The Labute approximate surface area is 104 Å². The number of hydrogen-bond donors (Lipinski definition) is 3. The largest absolute Gasteiger partial charge is 0.481 e. The third-order valence-electron chi connectivity index (χ3n) is 2.19. The van der Waals surface area contributed by atoms with Crippen LogP contribution >= 0.6 is 0 Å². The van der Waals surface area contributed by atoms with Crippen LogP contribution in [-0.4, -0.2) is 52.3 Å². The van der Waals surface area contributed by atoms with Crippen LogP contribution in [0.25, 0.3) is 0 Å². The molecule has 2 amide bonds. The molecule has 1 rings (SSSR count). The molecule has 0 aliphatic carbocycles. The number of carbonyl (C=O) groups excluding carboxylic acids is 1. The number of hydrogen-bond acceptors (Lipinski definition) is 4. The first kappa shape index (κ1) is 13.9. The van der Waals surface area contributed by atoms with E-state index in [1.54, 1.807) is 13.1 Å². The smallest absolute Gasteiger partial charge is 0.321 e. The van der Waals surface area contributed by atoms with E-state index in [1.807, 2.05) is 0 Å². The zero-order valence-electron chi connectivity index (χ0n) is 9.96. The van der Waals surface area contributed by atoms with Gasteiger partial charge in [0.05, 0.1) is 30.6 Å². The Bertz CT molecular complexity index is 419. The summed E-state index contributed by atoms with van der Waals surface area (Å²) in [6, 6.07) is 2.75. The van der Waals surface area contributed by atoms with Gasteiger partial charge in [0, 0.05) is 13.6 Å². The lowest BCUT2D eigenvalue weighted by molar-refractivity contribution is -0.136. The third-order valence-corrected chi connectivity index (χ3v) is 2.19. The number of carboxylic acids is 1. The molecule has 0 aliphatic rings. The minimum atomic E-state index is -0.957. The third kappa shape index (κ3) is 4.38. The Balaban J connectivity index is 2.58. The van der Waals surface area contributed by atoms with Gasteiger partial charge in [0.25, 0.3) is 0 Å². The van der Waals surface area contributed by atoms with E-state index in [0.717, 1.165) is 0 Å². The van der Waals surface area contributed by atoms with Crippen LogP contribution in [-0.2, 0) is 11.2 Å². The summed E-state index contributed by atoms with van der Waals surface area (Å²) in [5, 5.41) is 19.8. The van der Waals surface area contributed by atoms with Gasteiger partial charge in [0.1, 0.15) is 0 Å². The van der Waals surface area contributed by atoms with Crippen LogP contribution in [0.3, 0.4) is 0 Å². The maximum atomic E-state index is 11.5. The number of pyridine rings is 1. The number of aliphatic carboxylic acids is 1. The number of amides is 2. The number of aliphatic hydroxyl groups is 1. The van der Waals surface area contributed by atoms with E-state index in [0.29, 0.717) is 11.4 Å². The molecule has 3 N–H and O–H groups in total. The second-order valence-electron chi connectivity index (χ2n) is 3.68. The molecule has 7 nitrogen and oxygen atoms in total. The van der Waals surface area contributed by atoms with Gasteiger partial charge in [-0.2, -0.15) is 0 Å². The number of anilines is 1. The van der Waals surface area contributed by atoms with Crippen molar-refractivity contribution in [1.82, 2.24) is 9.88 Å². The fourth-order valence-electron chi connectivity index (χ4n) is 1.23. The zero-order valence-corrected chi connectivity index (χ0v) is 9.96. The van der Waals surface area contributed by atoms with Crippen molar-refractivity contribution >= 4 is 17.7 Å². The molecule has 0 aliphatic heterocycles. The number of aromatic nitrogens is 1. The van der Waals surface area contributed by atoms with E-state index in [9.17, 15) is 9.59 Å². The van der Waals surface area contributed by atoms with E-state index in [1.165, 1.54) is 17.2 Å². The molecule has 1 heterocycles. The second-order valence-corrected chi connectivity index (χ2v) is 3.68. The number of carboxylic acid groups (broad SMARTS) is 1. The molecule has 0 fully saturated rings. The summed E-state index contributed by atoms with van der Waals surface area (Å²) in [4.78, 5) is 27.2. The molecule has 0 atom stereocenters. The van der Waals surface area contributed by atoms with E-state index in [4.69, 9.17) is 10.2 Å². The molecule has 98 valence electrons. The highest BCUT2D eigenvalue weighted by Crippen LogP contribution is 2.07. The fraction of sp³-hybridized carbons (Fsp3) is 0.364. The van der Waals surface area contributed by atoms with Crippen molar-refractivity contribution in [1.29, 1.82) is 0 Å². The van der Waals surface area contributed by atoms with E-state index >= 15 is 0 Å². The lowest BCUT2D eigenvalue weighted by Gasteiger charge is -2.16. The number of nitrogens with zero attached hydrogens (tertiary/aromatic N) is 2. The van der Waals surface area contributed by atoms with Crippen molar-refractivity contribution in [3.63, 3.8) is 0 Å². The first-order valence-corrected chi connectivity index (χ1v) is 5.32. The van der Waals surface area contributed by atoms with Gasteiger partial charge in [-0.05, 0) is 12.1 Å². The molecule has 1 aromatic heterocycles. The summed E-state index contributed by atoms with van der Waals surface area (Å²) in [6.45, 7) is 0.121. The van der Waals surface area contributed by atoms with Crippen LogP contribution in [0.1, 0.15) is 5.69 Å². The van der Waals surface area contributed by atoms with Gasteiger partial charge in [0.15, 0.2) is 0 Å². The lowest BCUT2D eigenvalue weighted by atomic mass is 10.2. The monoisotopic (exact) mass is 253 g/mol. The number of urea groups is 1. The summed E-state index contributed by atoms with van der Waals surface area (Å²) in [5.74, 6) is -0.957. The van der Waals surface area contributed by atoms with Gasteiger partial charge in [0.2, 0.25) is 0 Å². The Hall–Kier alpha value is -2.15. The minimum absolute atomic E-state index is 0.111. The molecular formula is C11H15N3O4. The Kier molecular flexibility index (Phi) is 5.06. The van der Waals surface area contributed by atoms with Crippen LogP contribution < -0.4 is 5.32 Å². The molecule has 18 heavy (non-hydrogen) atoms. The van der Waals surface area contributed by atoms with Crippen LogP contribution in [0, 0.1) is 0 Å². The number of nitrogens with one attached hydrogen (secondary N) is 1. The van der Waals surface area contributed by atoms with Crippen molar-refractivity contribution in [2.45, 2.75) is 6.42 Å². The van der Waals surface area contributed by atoms with Gasteiger partial charge in [-0.15, -0.1) is 0 Å². The van der Waals surface area contributed by atoms with Gasteiger partial charge < -0.3 is 20.4 Å². The molecule has 0 saturated carbocycles. The molecule has 0 radical (unpaired) electrons. The predicted molar refractivity (Wildman–Crippen MR) is 64.3 cm³/mol. The number of aliphatic hydroxyl groups excluding tert-OH is 1. The first-order chi connectivity index (χ1) is 8.52. The van der Waals surface area contributed by atoms with E-state index in [-0.39, 0.29) is 25.6 Å². The SMILES string of the molecule is CN(CCO)C(=O)Nc1ccc(CC(=O)O)nc1. The van der Waals surface area contributed by atoms with Crippen LogP contribution in [0.2, 0.25) is 0 Å².